The quantitative estimate of drug-likeness (QED) is 0.894. The lowest BCUT2D eigenvalue weighted by molar-refractivity contribution is 0.589. The highest BCUT2D eigenvalue weighted by atomic mass is 35.5. The van der Waals surface area contributed by atoms with Crippen LogP contribution in [-0.4, -0.2) is 16.2 Å². The van der Waals surface area contributed by atoms with Crippen molar-refractivity contribution in [2.45, 2.75) is 26.4 Å². The van der Waals surface area contributed by atoms with E-state index in [0.29, 0.717) is 16.1 Å². The van der Waals surface area contributed by atoms with E-state index in [4.69, 9.17) is 23.2 Å². The monoisotopic (exact) mass is 283 g/mol. The fourth-order valence-corrected chi connectivity index (χ4v) is 1.96. The lowest BCUT2D eigenvalue weighted by atomic mass is 10.1. The van der Waals surface area contributed by atoms with Crippen molar-refractivity contribution in [1.82, 2.24) is 15.5 Å². The molecule has 96 valence electrons. The number of H-pyrrole nitrogens is 1. The van der Waals surface area contributed by atoms with Crippen LogP contribution in [-0.2, 0) is 6.54 Å². The van der Waals surface area contributed by atoms with Crippen molar-refractivity contribution in [3.63, 3.8) is 0 Å². The summed E-state index contributed by atoms with van der Waals surface area (Å²) in [4.78, 5) is 0. The van der Waals surface area contributed by atoms with E-state index in [-0.39, 0.29) is 0 Å². The summed E-state index contributed by atoms with van der Waals surface area (Å²) in [6.45, 7) is 4.99. The number of nitrogens with one attached hydrogen (secondary N) is 2. The first kappa shape index (κ1) is 13.4. The molecule has 18 heavy (non-hydrogen) atoms. The predicted molar refractivity (Wildman–Crippen MR) is 76.0 cm³/mol. The van der Waals surface area contributed by atoms with Crippen LogP contribution in [0.5, 0.6) is 0 Å². The van der Waals surface area contributed by atoms with Gasteiger partial charge in [-0.1, -0.05) is 43.1 Å². The molecule has 0 aliphatic carbocycles. The van der Waals surface area contributed by atoms with Gasteiger partial charge in [-0.15, -0.1) is 0 Å². The SMILES string of the molecule is CC(C)NCc1cn[nH]c1-c1ccc(Cl)c(Cl)c1. The molecule has 2 rings (SSSR count). The normalized spacial score (nSPS) is 11.2. The first-order chi connectivity index (χ1) is 8.58. The molecule has 0 radical (unpaired) electrons. The Labute approximate surface area is 117 Å². The molecule has 0 aliphatic heterocycles. The van der Waals surface area contributed by atoms with Crippen LogP contribution in [0.1, 0.15) is 19.4 Å². The summed E-state index contributed by atoms with van der Waals surface area (Å²) in [7, 11) is 0. The molecule has 0 aliphatic rings. The number of aromatic amines is 1. The molecule has 0 unspecified atom stereocenters. The van der Waals surface area contributed by atoms with Gasteiger partial charge in [-0.3, -0.25) is 5.10 Å². The Morgan fingerprint density at radius 1 is 1.28 bits per heavy atom. The van der Waals surface area contributed by atoms with E-state index in [1.165, 1.54) is 0 Å². The van der Waals surface area contributed by atoms with Gasteiger partial charge in [0.05, 0.1) is 21.9 Å². The first-order valence-electron chi connectivity index (χ1n) is 5.79. The number of halogens is 2. The van der Waals surface area contributed by atoms with E-state index in [1.54, 1.807) is 6.07 Å². The van der Waals surface area contributed by atoms with Gasteiger partial charge in [0.1, 0.15) is 0 Å². The number of nitrogens with zero attached hydrogens (tertiary/aromatic N) is 1. The van der Waals surface area contributed by atoms with Crippen molar-refractivity contribution < 1.29 is 0 Å². The number of rotatable bonds is 4. The average molecular weight is 284 g/mol. The van der Waals surface area contributed by atoms with Crippen LogP contribution < -0.4 is 5.32 Å². The van der Waals surface area contributed by atoms with E-state index >= 15 is 0 Å². The van der Waals surface area contributed by atoms with E-state index in [2.05, 4.69) is 29.4 Å². The minimum Gasteiger partial charge on any atom is -0.310 e. The molecule has 0 amide bonds. The molecule has 1 aromatic carbocycles. The third kappa shape index (κ3) is 3.05. The Balaban J connectivity index is 2.27. The van der Waals surface area contributed by atoms with E-state index in [1.807, 2.05) is 18.3 Å². The maximum Gasteiger partial charge on any atom is 0.0695 e. The Morgan fingerprint density at radius 3 is 2.72 bits per heavy atom. The lowest BCUT2D eigenvalue weighted by Crippen LogP contribution is -2.21. The molecule has 0 saturated carbocycles. The number of aromatic nitrogens is 2. The molecular weight excluding hydrogens is 269 g/mol. The van der Waals surface area contributed by atoms with Crippen molar-refractivity contribution in [2.24, 2.45) is 0 Å². The predicted octanol–water partition coefficient (Wildman–Crippen LogP) is 3.88. The van der Waals surface area contributed by atoms with Gasteiger partial charge in [0, 0.05) is 23.7 Å². The smallest absolute Gasteiger partial charge is 0.0695 e. The summed E-state index contributed by atoms with van der Waals surface area (Å²) < 4.78 is 0. The zero-order valence-corrected chi connectivity index (χ0v) is 11.8. The molecule has 0 atom stereocenters. The molecule has 5 heteroatoms. The largest absolute Gasteiger partial charge is 0.310 e. The van der Waals surface area contributed by atoms with Crippen molar-refractivity contribution in [1.29, 1.82) is 0 Å². The maximum atomic E-state index is 6.03. The molecule has 1 aromatic heterocycles. The fourth-order valence-electron chi connectivity index (χ4n) is 1.66. The average Bonchev–Trinajstić information content (AvgIpc) is 2.78. The van der Waals surface area contributed by atoms with Crippen LogP contribution in [0.25, 0.3) is 11.3 Å². The topological polar surface area (TPSA) is 40.7 Å². The van der Waals surface area contributed by atoms with E-state index in [0.717, 1.165) is 23.4 Å². The second-order valence-corrected chi connectivity index (χ2v) is 5.25. The minimum atomic E-state index is 0.432. The molecule has 0 spiro atoms. The number of hydrogen-bond acceptors (Lipinski definition) is 2. The zero-order valence-electron chi connectivity index (χ0n) is 10.3. The van der Waals surface area contributed by atoms with Crippen LogP contribution in [0.4, 0.5) is 0 Å². The minimum absolute atomic E-state index is 0.432. The molecule has 0 fully saturated rings. The molecule has 2 aromatic rings. The molecule has 2 N–H and O–H groups in total. The van der Waals surface area contributed by atoms with Crippen LogP contribution >= 0.6 is 23.2 Å². The second kappa shape index (κ2) is 5.74. The summed E-state index contributed by atoms with van der Waals surface area (Å²) in [5.41, 5.74) is 3.08. The van der Waals surface area contributed by atoms with Gasteiger partial charge in [0.25, 0.3) is 0 Å². The van der Waals surface area contributed by atoms with Crippen LogP contribution in [0.15, 0.2) is 24.4 Å². The van der Waals surface area contributed by atoms with Gasteiger partial charge in [-0.05, 0) is 12.1 Å². The summed E-state index contributed by atoms with van der Waals surface area (Å²) >= 11 is 11.9. The van der Waals surface area contributed by atoms with Gasteiger partial charge < -0.3 is 5.32 Å². The van der Waals surface area contributed by atoms with Crippen molar-refractivity contribution in [2.75, 3.05) is 0 Å². The third-order valence-corrected chi connectivity index (χ3v) is 3.37. The van der Waals surface area contributed by atoms with Crippen LogP contribution in [0.3, 0.4) is 0 Å². The lowest BCUT2D eigenvalue weighted by Gasteiger charge is -2.08. The zero-order chi connectivity index (χ0) is 13.1. The number of hydrogen-bond donors (Lipinski definition) is 2. The standard InChI is InChI=1S/C13H15Cl2N3/c1-8(2)16-6-10-7-17-18-13(10)9-3-4-11(14)12(15)5-9/h3-5,7-8,16H,6H2,1-2H3,(H,17,18). The second-order valence-electron chi connectivity index (χ2n) is 4.43. The highest BCUT2D eigenvalue weighted by Crippen LogP contribution is 2.29. The molecule has 0 saturated heterocycles. The van der Waals surface area contributed by atoms with Gasteiger partial charge in [-0.2, -0.15) is 5.10 Å². The van der Waals surface area contributed by atoms with Crippen molar-refractivity contribution in [3.05, 3.63) is 40.0 Å². The molecular formula is C13H15Cl2N3. The van der Waals surface area contributed by atoms with Gasteiger partial charge in [0.15, 0.2) is 0 Å². The van der Waals surface area contributed by atoms with Gasteiger partial charge in [-0.25, -0.2) is 0 Å². The van der Waals surface area contributed by atoms with E-state index < -0.39 is 0 Å². The Morgan fingerprint density at radius 2 is 2.06 bits per heavy atom. The van der Waals surface area contributed by atoms with E-state index in [9.17, 15) is 0 Å². The van der Waals surface area contributed by atoms with Crippen molar-refractivity contribution >= 4 is 23.2 Å². The number of benzene rings is 1. The summed E-state index contributed by atoms with van der Waals surface area (Å²) in [6, 6.07) is 6.00. The summed E-state index contributed by atoms with van der Waals surface area (Å²) in [5.74, 6) is 0. The van der Waals surface area contributed by atoms with Crippen LogP contribution in [0.2, 0.25) is 10.0 Å². The van der Waals surface area contributed by atoms with Gasteiger partial charge in [0.2, 0.25) is 0 Å². The fraction of sp³-hybridized carbons (Fsp3) is 0.308. The highest BCUT2D eigenvalue weighted by Gasteiger charge is 2.09. The third-order valence-electron chi connectivity index (χ3n) is 2.63. The Hall–Kier alpha value is -1.03. The molecule has 1 heterocycles. The van der Waals surface area contributed by atoms with Gasteiger partial charge >= 0.3 is 0 Å². The van der Waals surface area contributed by atoms with Crippen molar-refractivity contribution in [3.8, 4) is 11.3 Å². The summed E-state index contributed by atoms with van der Waals surface area (Å²) in [6.07, 6.45) is 1.83. The Kier molecular flexibility index (Phi) is 4.27. The maximum absolute atomic E-state index is 6.03. The summed E-state index contributed by atoms with van der Waals surface area (Å²) in [5, 5.41) is 11.6. The molecule has 0 bridgehead atoms. The first-order valence-corrected chi connectivity index (χ1v) is 6.54. The Bertz CT molecular complexity index is 535. The molecule has 3 nitrogen and oxygen atoms in total. The van der Waals surface area contributed by atoms with Crippen LogP contribution in [0, 0.1) is 0 Å². The highest BCUT2D eigenvalue weighted by molar-refractivity contribution is 6.42.